The van der Waals surface area contributed by atoms with Gasteiger partial charge in [-0.3, -0.25) is 0 Å². The summed E-state index contributed by atoms with van der Waals surface area (Å²) in [6, 6.07) is 9.07. The highest BCUT2D eigenvalue weighted by Gasteiger charge is 2.07. The molecule has 0 aliphatic heterocycles. The Morgan fingerprint density at radius 3 is 2.67 bits per heavy atom. The van der Waals surface area contributed by atoms with Gasteiger partial charge in [-0.05, 0) is 43.7 Å². The predicted octanol–water partition coefficient (Wildman–Crippen LogP) is 3.95. The van der Waals surface area contributed by atoms with Crippen molar-refractivity contribution in [3.05, 3.63) is 28.7 Å². The van der Waals surface area contributed by atoms with Crippen LogP contribution >= 0.6 is 27.7 Å². The maximum atomic E-state index is 5.11. The Morgan fingerprint density at radius 2 is 2.06 bits per heavy atom. The predicted molar refractivity (Wildman–Crippen MR) is 83.4 cm³/mol. The van der Waals surface area contributed by atoms with Crippen molar-refractivity contribution in [2.24, 2.45) is 0 Å². The maximum absolute atomic E-state index is 5.11. The van der Waals surface area contributed by atoms with Crippen LogP contribution in [-0.4, -0.2) is 32.1 Å². The number of halogens is 1. The number of benzene rings is 1. The molecule has 1 rings (SSSR count). The normalized spacial score (nSPS) is 12.6. The highest BCUT2D eigenvalue weighted by molar-refractivity contribution is 9.10. The zero-order valence-electron chi connectivity index (χ0n) is 11.1. The van der Waals surface area contributed by atoms with Crippen LogP contribution < -0.4 is 5.32 Å². The van der Waals surface area contributed by atoms with Gasteiger partial charge in [0.05, 0.1) is 0 Å². The quantitative estimate of drug-likeness (QED) is 0.547. The topological polar surface area (TPSA) is 21.3 Å². The van der Waals surface area contributed by atoms with E-state index in [4.69, 9.17) is 4.74 Å². The van der Waals surface area contributed by atoms with Crippen LogP contribution in [0.5, 0.6) is 0 Å². The van der Waals surface area contributed by atoms with Gasteiger partial charge in [-0.15, -0.1) is 11.8 Å². The van der Waals surface area contributed by atoms with E-state index in [2.05, 4.69) is 52.4 Å². The van der Waals surface area contributed by atoms with Gasteiger partial charge in [0, 0.05) is 34.9 Å². The monoisotopic (exact) mass is 331 g/mol. The van der Waals surface area contributed by atoms with Crippen molar-refractivity contribution in [2.75, 3.05) is 26.0 Å². The molecule has 0 aliphatic rings. The molecule has 0 saturated heterocycles. The summed E-state index contributed by atoms with van der Waals surface area (Å²) in [6.07, 6.45) is 2.29. The van der Waals surface area contributed by atoms with Crippen LogP contribution in [-0.2, 0) is 4.74 Å². The van der Waals surface area contributed by atoms with Crippen molar-refractivity contribution in [3.63, 3.8) is 0 Å². The van der Waals surface area contributed by atoms with E-state index in [1.54, 1.807) is 7.11 Å². The molecule has 18 heavy (non-hydrogen) atoms. The Morgan fingerprint density at radius 1 is 1.33 bits per heavy atom. The molecule has 0 aliphatic carbocycles. The van der Waals surface area contributed by atoms with Crippen LogP contribution in [0.3, 0.4) is 0 Å². The average molecular weight is 332 g/mol. The van der Waals surface area contributed by atoms with E-state index in [0.717, 1.165) is 29.8 Å². The minimum atomic E-state index is 0.568. The molecular formula is C14H22BrNOS. The first-order valence-corrected chi connectivity index (χ1v) is 8.14. The van der Waals surface area contributed by atoms with E-state index in [1.807, 2.05) is 11.8 Å². The highest BCUT2D eigenvalue weighted by Crippen LogP contribution is 2.22. The van der Waals surface area contributed by atoms with E-state index in [9.17, 15) is 0 Å². The smallest absolute Gasteiger partial charge is 0.0462 e. The van der Waals surface area contributed by atoms with Crippen molar-refractivity contribution >= 4 is 27.7 Å². The first kappa shape index (κ1) is 16.0. The van der Waals surface area contributed by atoms with Gasteiger partial charge >= 0.3 is 0 Å². The molecule has 0 saturated carbocycles. The zero-order valence-corrected chi connectivity index (χ0v) is 13.5. The second-order valence-electron chi connectivity index (χ2n) is 4.15. The van der Waals surface area contributed by atoms with E-state index in [-0.39, 0.29) is 0 Å². The lowest BCUT2D eigenvalue weighted by Crippen LogP contribution is -2.31. The second-order valence-corrected chi connectivity index (χ2v) is 6.16. The van der Waals surface area contributed by atoms with Gasteiger partial charge in [0.25, 0.3) is 0 Å². The van der Waals surface area contributed by atoms with E-state index >= 15 is 0 Å². The molecule has 0 radical (unpaired) electrons. The first-order chi connectivity index (χ1) is 8.76. The summed E-state index contributed by atoms with van der Waals surface area (Å²) in [5.74, 6) is 1.11. The molecule has 2 nitrogen and oxygen atoms in total. The summed E-state index contributed by atoms with van der Waals surface area (Å²) in [5.41, 5.74) is 0. The Labute approximate surface area is 123 Å². The Hall–Kier alpha value is -0.0300. The van der Waals surface area contributed by atoms with Crippen LogP contribution in [0.2, 0.25) is 0 Å². The fourth-order valence-electron chi connectivity index (χ4n) is 1.73. The van der Waals surface area contributed by atoms with Crippen molar-refractivity contribution in [2.45, 2.75) is 30.7 Å². The van der Waals surface area contributed by atoms with Gasteiger partial charge < -0.3 is 10.1 Å². The number of hydrogen-bond acceptors (Lipinski definition) is 3. The van der Waals surface area contributed by atoms with E-state index < -0.39 is 0 Å². The first-order valence-electron chi connectivity index (χ1n) is 6.37. The third-order valence-corrected chi connectivity index (χ3v) is 4.36. The highest BCUT2D eigenvalue weighted by atomic mass is 79.9. The van der Waals surface area contributed by atoms with E-state index in [1.165, 1.54) is 11.3 Å². The molecule has 0 fully saturated rings. The summed E-state index contributed by atoms with van der Waals surface area (Å²) < 4.78 is 6.24. The third-order valence-electron chi connectivity index (χ3n) is 2.66. The maximum Gasteiger partial charge on any atom is 0.0462 e. The fraction of sp³-hybridized carbons (Fsp3) is 0.571. The molecule has 102 valence electrons. The standard InChI is InChI=1S/C14H22BrNOS/c1-3-16-13(5-4-10-17-2)11-18-14-8-6-12(15)7-9-14/h6-9,13,16H,3-5,10-11H2,1-2H3. The minimum absolute atomic E-state index is 0.568. The van der Waals surface area contributed by atoms with Gasteiger partial charge in [0.1, 0.15) is 0 Å². The number of methoxy groups -OCH3 is 1. The number of thioether (sulfide) groups is 1. The molecule has 0 bridgehead atoms. The lowest BCUT2D eigenvalue weighted by molar-refractivity contribution is 0.190. The Balaban J connectivity index is 2.33. The number of rotatable bonds is 9. The summed E-state index contributed by atoms with van der Waals surface area (Å²) in [5, 5.41) is 3.54. The summed E-state index contributed by atoms with van der Waals surface area (Å²) >= 11 is 5.37. The summed E-state index contributed by atoms with van der Waals surface area (Å²) in [6.45, 7) is 4.04. The van der Waals surface area contributed by atoms with Gasteiger partial charge in [0.2, 0.25) is 0 Å². The lowest BCUT2D eigenvalue weighted by Gasteiger charge is -2.17. The van der Waals surface area contributed by atoms with Crippen LogP contribution in [0.15, 0.2) is 33.6 Å². The lowest BCUT2D eigenvalue weighted by atomic mass is 10.2. The van der Waals surface area contributed by atoms with Crippen LogP contribution in [0, 0.1) is 0 Å². The molecule has 0 heterocycles. The van der Waals surface area contributed by atoms with Gasteiger partial charge in [-0.2, -0.15) is 0 Å². The molecule has 0 amide bonds. The summed E-state index contributed by atoms with van der Waals surface area (Å²) in [7, 11) is 1.76. The van der Waals surface area contributed by atoms with Gasteiger partial charge in [-0.1, -0.05) is 22.9 Å². The molecule has 1 unspecified atom stereocenters. The number of nitrogens with one attached hydrogen (secondary N) is 1. The largest absolute Gasteiger partial charge is 0.385 e. The van der Waals surface area contributed by atoms with Gasteiger partial charge in [-0.25, -0.2) is 0 Å². The Bertz CT molecular complexity index is 318. The van der Waals surface area contributed by atoms with Crippen LogP contribution in [0.25, 0.3) is 0 Å². The van der Waals surface area contributed by atoms with Crippen molar-refractivity contribution in [1.82, 2.24) is 5.32 Å². The van der Waals surface area contributed by atoms with Crippen molar-refractivity contribution < 1.29 is 4.74 Å². The number of hydrogen-bond donors (Lipinski definition) is 1. The van der Waals surface area contributed by atoms with Crippen LogP contribution in [0.4, 0.5) is 0 Å². The minimum Gasteiger partial charge on any atom is -0.385 e. The van der Waals surface area contributed by atoms with Gasteiger partial charge in [0.15, 0.2) is 0 Å². The zero-order chi connectivity index (χ0) is 13.2. The molecule has 1 aromatic carbocycles. The average Bonchev–Trinajstić information content (AvgIpc) is 2.38. The number of ether oxygens (including phenoxy) is 1. The molecule has 0 spiro atoms. The molecular weight excluding hydrogens is 310 g/mol. The SMILES string of the molecule is CCNC(CCCOC)CSc1ccc(Br)cc1. The second kappa shape index (κ2) is 9.84. The fourth-order valence-corrected chi connectivity index (χ4v) is 3.01. The van der Waals surface area contributed by atoms with Crippen molar-refractivity contribution in [1.29, 1.82) is 0 Å². The summed E-state index contributed by atoms with van der Waals surface area (Å²) in [4.78, 5) is 1.33. The van der Waals surface area contributed by atoms with E-state index in [0.29, 0.717) is 6.04 Å². The van der Waals surface area contributed by atoms with Crippen LogP contribution in [0.1, 0.15) is 19.8 Å². The molecule has 0 aromatic heterocycles. The molecule has 1 atom stereocenters. The Kier molecular flexibility index (Phi) is 8.76. The van der Waals surface area contributed by atoms with Crippen molar-refractivity contribution in [3.8, 4) is 0 Å². The molecule has 1 aromatic rings. The molecule has 4 heteroatoms. The third kappa shape index (κ3) is 6.78. The molecule has 1 N–H and O–H groups in total.